The molecule has 0 aliphatic carbocycles. The molecule has 0 heteroatoms. The van der Waals surface area contributed by atoms with Gasteiger partial charge >= 0.3 is 0 Å². The van der Waals surface area contributed by atoms with Gasteiger partial charge in [0.2, 0.25) is 0 Å². The molecule has 0 heterocycles. The zero-order valence-electron chi connectivity index (χ0n) is 15.0. The van der Waals surface area contributed by atoms with E-state index in [0.717, 1.165) is 0 Å². The van der Waals surface area contributed by atoms with Gasteiger partial charge in [-0.1, -0.05) is 103 Å². The number of hydrogen-bond acceptors (Lipinski definition) is 0. The van der Waals surface area contributed by atoms with Crippen LogP contribution < -0.4 is 0 Å². The van der Waals surface area contributed by atoms with Crippen LogP contribution in [0.4, 0.5) is 0 Å². The summed E-state index contributed by atoms with van der Waals surface area (Å²) in [5.74, 6) is 0. The zero-order valence-corrected chi connectivity index (χ0v) is 15.0. The Hall–Kier alpha value is -0.780. The van der Waals surface area contributed by atoms with Gasteiger partial charge in [-0.25, -0.2) is 0 Å². The molecular weight excluding hydrogens is 240 g/mol. The molecule has 118 valence electrons. The van der Waals surface area contributed by atoms with E-state index < -0.39 is 0 Å². The fraction of sp³-hybridized carbons (Fsp3) is 0.700. The smallest absolute Gasteiger partial charge is 0.0279 e. The predicted molar refractivity (Wildman–Crippen MR) is 95.6 cm³/mol. The zero-order chi connectivity index (χ0) is 15.6. The average molecular weight is 279 g/mol. The van der Waals surface area contributed by atoms with Crippen molar-refractivity contribution in [1.82, 2.24) is 0 Å². The third-order valence-electron chi connectivity index (χ3n) is 3.15. The quantitative estimate of drug-likeness (QED) is 0.458. The van der Waals surface area contributed by atoms with Crippen molar-refractivity contribution < 1.29 is 0 Å². The SMILES string of the molecule is CC.CCCCCCC.CCCCc1ccc(C)cc1. The molecule has 1 aromatic carbocycles. The van der Waals surface area contributed by atoms with E-state index in [9.17, 15) is 0 Å². The number of rotatable bonds is 7. The second-order valence-electron chi connectivity index (χ2n) is 5.15. The monoisotopic (exact) mass is 278 g/mol. The Morgan fingerprint density at radius 2 is 1.10 bits per heavy atom. The molecule has 0 amide bonds. The van der Waals surface area contributed by atoms with Gasteiger partial charge in [-0.05, 0) is 25.3 Å². The molecule has 0 unspecified atom stereocenters. The van der Waals surface area contributed by atoms with Crippen molar-refractivity contribution >= 4 is 0 Å². The van der Waals surface area contributed by atoms with Crippen LogP contribution in [0.25, 0.3) is 0 Å². The summed E-state index contributed by atoms with van der Waals surface area (Å²) in [6, 6.07) is 8.83. The molecule has 1 aromatic rings. The Kier molecular flexibility index (Phi) is 19.6. The van der Waals surface area contributed by atoms with Crippen LogP contribution in [0.5, 0.6) is 0 Å². The minimum Gasteiger partial charge on any atom is -0.0683 e. The highest BCUT2D eigenvalue weighted by Gasteiger charge is 1.90. The Bertz CT molecular complexity index is 254. The highest BCUT2D eigenvalue weighted by Crippen LogP contribution is 2.06. The summed E-state index contributed by atoms with van der Waals surface area (Å²) < 4.78 is 0. The van der Waals surface area contributed by atoms with Crippen LogP contribution in [0, 0.1) is 6.92 Å². The second-order valence-corrected chi connectivity index (χ2v) is 5.15. The van der Waals surface area contributed by atoms with Gasteiger partial charge < -0.3 is 0 Å². The second kappa shape index (κ2) is 18.2. The highest BCUT2D eigenvalue weighted by molar-refractivity contribution is 5.21. The average Bonchev–Trinajstić information content (AvgIpc) is 2.50. The van der Waals surface area contributed by atoms with Gasteiger partial charge in [0.1, 0.15) is 0 Å². The van der Waals surface area contributed by atoms with Gasteiger partial charge in [0.15, 0.2) is 0 Å². The van der Waals surface area contributed by atoms with E-state index in [0.29, 0.717) is 0 Å². The van der Waals surface area contributed by atoms with E-state index in [4.69, 9.17) is 0 Å². The maximum absolute atomic E-state index is 2.25. The van der Waals surface area contributed by atoms with Crippen LogP contribution >= 0.6 is 0 Å². The van der Waals surface area contributed by atoms with Crippen molar-refractivity contribution in [3.8, 4) is 0 Å². The molecule has 0 nitrogen and oxygen atoms in total. The van der Waals surface area contributed by atoms with E-state index in [1.54, 1.807) is 0 Å². The maximum Gasteiger partial charge on any atom is -0.0279 e. The lowest BCUT2D eigenvalue weighted by atomic mass is 10.1. The molecule has 0 atom stereocenters. The molecule has 0 aromatic heterocycles. The van der Waals surface area contributed by atoms with Gasteiger partial charge in [0.05, 0.1) is 0 Å². The lowest BCUT2D eigenvalue weighted by Gasteiger charge is -1.99. The van der Waals surface area contributed by atoms with Crippen molar-refractivity contribution in [3.05, 3.63) is 35.4 Å². The molecule has 0 radical (unpaired) electrons. The number of hydrogen-bond donors (Lipinski definition) is 0. The summed E-state index contributed by atoms with van der Waals surface area (Å²) in [5.41, 5.74) is 2.82. The Balaban J connectivity index is 0. The molecule has 0 fully saturated rings. The van der Waals surface area contributed by atoms with Crippen molar-refractivity contribution in [1.29, 1.82) is 0 Å². The molecular formula is C20H38. The van der Waals surface area contributed by atoms with Gasteiger partial charge in [-0.3, -0.25) is 0 Å². The molecule has 0 aliphatic rings. The lowest BCUT2D eigenvalue weighted by Crippen LogP contribution is -1.83. The van der Waals surface area contributed by atoms with Gasteiger partial charge in [0.25, 0.3) is 0 Å². The summed E-state index contributed by atoms with van der Waals surface area (Å²) in [6.07, 6.45) is 10.8. The first-order valence-corrected chi connectivity index (χ1v) is 8.80. The van der Waals surface area contributed by atoms with Crippen molar-refractivity contribution in [2.24, 2.45) is 0 Å². The number of benzene rings is 1. The summed E-state index contributed by atoms with van der Waals surface area (Å²) >= 11 is 0. The van der Waals surface area contributed by atoms with E-state index in [2.05, 4.69) is 52.0 Å². The first-order valence-electron chi connectivity index (χ1n) is 8.80. The third kappa shape index (κ3) is 15.3. The highest BCUT2D eigenvalue weighted by atomic mass is 14.0. The fourth-order valence-corrected chi connectivity index (χ4v) is 1.81. The first-order chi connectivity index (χ1) is 9.74. The van der Waals surface area contributed by atoms with Crippen molar-refractivity contribution in [3.63, 3.8) is 0 Å². The Morgan fingerprint density at radius 3 is 1.50 bits per heavy atom. The number of aryl methyl sites for hydroxylation is 2. The normalized spacial score (nSPS) is 9.10. The lowest BCUT2D eigenvalue weighted by molar-refractivity contribution is 0.656. The van der Waals surface area contributed by atoms with Gasteiger partial charge in [-0.2, -0.15) is 0 Å². The minimum absolute atomic E-state index is 1.23. The fourth-order valence-electron chi connectivity index (χ4n) is 1.81. The predicted octanol–water partition coefficient (Wildman–Crippen LogP) is 7.34. The molecule has 1 rings (SSSR count). The van der Waals surface area contributed by atoms with Gasteiger partial charge in [0, 0.05) is 0 Å². The molecule has 0 aliphatic heterocycles. The topological polar surface area (TPSA) is 0 Å². The first kappa shape index (κ1) is 21.5. The van der Waals surface area contributed by atoms with Crippen LogP contribution in [0.15, 0.2) is 24.3 Å². The summed E-state index contributed by atoms with van der Waals surface area (Å²) in [6.45, 7) is 12.9. The van der Waals surface area contributed by atoms with E-state index in [1.165, 1.54) is 62.5 Å². The van der Waals surface area contributed by atoms with E-state index >= 15 is 0 Å². The van der Waals surface area contributed by atoms with E-state index in [-0.39, 0.29) is 0 Å². The minimum atomic E-state index is 1.23. The van der Waals surface area contributed by atoms with Crippen molar-refractivity contribution in [2.75, 3.05) is 0 Å². The molecule has 0 bridgehead atoms. The van der Waals surface area contributed by atoms with Crippen LogP contribution in [0.2, 0.25) is 0 Å². The van der Waals surface area contributed by atoms with Crippen LogP contribution in [-0.4, -0.2) is 0 Å². The summed E-state index contributed by atoms with van der Waals surface area (Å²) in [7, 11) is 0. The van der Waals surface area contributed by atoms with Crippen LogP contribution in [0.3, 0.4) is 0 Å². The Labute approximate surface area is 129 Å². The number of unbranched alkanes of at least 4 members (excludes halogenated alkanes) is 5. The molecule has 0 N–H and O–H groups in total. The standard InChI is InChI=1S/C11H16.C7H16.C2H6/c1-3-4-5-11-8-6-10(2)7-9-11;1-3-5-7-6-4-2;1-2/h6-9H,3-5H2,1-2H3;3-7H2,1-2H3;1-2H3. The third-order valence-corrected chi connectivity index (χ3v) is 3.15. The maximum atomic E-state index is 2.25. The largest absolute Gasteiger partial charge is 0.0683 e. The molecule has 20 heavy (non-hydrogen) atoms. The van der Waals surface area contributed by atoms with Crippen molar-refractivity contribution in [2.45, 2.75) is 92.9 Å². The van der Waals surface area contributed by atoms with E-state index in [1.807, 2.05) is 13.8 Å². The summed E-state index contributed by atoms with van der Waals surface area (Å²) in [5, 5.41) is 0. The van der Waals surface area contributed by atoms with Crippen LogP contribution in [-0.2, 0) is 6.42 Å². The van der Waals surface area contributed by atoms with Crippen LogP contribution in [0.1, 0.15) is 90.7 Å². The Morgan fingerprint density at radius 1 is 0.650 bits per heavy atom. The summed E-state index contributed by atoms with van der Waals surface area (Å²) in [4.78, 5) is 0. The molecule has 0 saturated heterocycles. The molecule has 0 saturated carbocycles. The van der Waals surface area contributed by atoms with Gasteiger partial charge in [-0.15, -0.1) is 0 Å². The molecule has 0 spiro atoms.